The zero-order valence-corrected chi connectivity index (χ0v) is 16.0. The van der Waals surface area contributed by atoms with E-state index < -0.39 is 12.1 Å². The molecule has 0 bridgehead atoms. The van der Waals surface area contributed by atoms with Gasteiger partial charge in [0.15, 0.2) is 0 Å². The number of aliphatic hydroxyl groups is 2. The zero-order valence-electron chi connectivity index (χ0n) is 16.0. The number of carbonyl (C=O) groups excluding carboxylic acids is 1. The number of anilines is 1. The van der Waals surface area contributed by atoms with Crippen LogP contribution in [0.4, 0.5) is 5.69 Å². The molecule has 0 aliphatic heterocycles. The normalized spacial score (nSPS) is 12.1. The third kappa shape index (κ3) is 7.59. The number of likely N-dealkylation sites (N-methyl/N-ethyl adjacent to an activating group) is 1. The lowest BCUT2D eigenvalue weighted by atomic mass is 10.1. The molecule has 26 heavy (non-hydrogen) atoms. The van der Waals surface area contributed by atoms with Crippen LogP contribution in [0.5, 0.6) is 5.75 Å². The number of nitrogens with zero attached hydrogens (tertiary/aromatic N) is 1. The Morgan fingerprint density at radius 1 is 1.23 bits per heavy atom. The Bertz CT molecular complexity index is 535. The number of hydrogen-bond acceptors (Lipinski definition) is 7. The molecule has 3 N–H and O–H groups in total. The van der Waals surface area contributed by atoms with Gasteiger partial charge in [-0.15, -0.1) is 0 Å². The van der Waals surface area contributed by atoms with Crippen molar-refractivity contribution < 1.29 is 24.5 Å². The Hall–Kier alpha value is -1.83. The summed E-state index contributed by atoms with van der Waals surface area (Å²) in [6.07, 6.45) is -0.0351. The molecule has 0 amide bonds. The van der Waals surface area contributed by atoms with Crippen LogP contribution in [0.1, 0.15) is 37.6 Å². The first-order valence-electron chi connectivity index (χ1n) is 9.24. The third-order valence-corrected chi connectivity index (χ3v) is 3.95. The molecule has 0 aromatic heterocycles. The van der Waals surface area contributed by atoms with Crippen molar-refractivity contribution in [3.63, 3.8) is 0 Å². The minimum absolute atomic E-state index is 0.152. The molecule has 0 saturated carbocycles. The van der Waals surface area contributed by atoms with Crippen LogP contribution in [0.2, 0.25) is 0 Å². The van der Waals surface area contributed by atoms with Crippen LogP contribution in [-0.4, -0.2) is 73.2 Å². The Labute approximate surface area is 155 Å². The minimum atomic E-state index is -0.890. The van der Waals surface area contributed by atoms with E-state index in [1.54, 1.807) is 18.2 Å². The molecular weight excluding hydrogens is 336 g/mol. The van der Waals surface area contributed by atoms with Crippen molar-refractivity contribution in [3.05, 3.63) is 23.8 Å². The second-order valence-corrected chi connectivity index (χ2v) is 5.94. The Balaban J connectivity index is 2.76. The fraction of sp³-hybridized carbons (Fsp3) is 0.632. The topological polar surface area (TPSA) is 91.3 Å². The van der Waals surface area contributed by atoms with Gasteiger partial charge in [0.1, 0.15) is 12.4 Å². The first-order chi connectivity index (χ1) is 12.5. The summed E-state index contributed by atoms with van der Waals surface area (Å²) in [5, 5.41) is 21.5. The fourth-order valence-electron chi connectivity index (χ4n) is 2.32. The third-order valence-electron chi connectivity index (χ3n) is 3.95. The van der Waals surface area contributed by atoms with E-state index in [2.05, 4.69) is 24.1 Å². The van der Waals surface area contributed by atoms with E-state index in [1.165, 1.54) is 0 Å². The number of ether oxygens (including phenoxy) is 2. The van der Waals surface area contributed by atoms with Gasteiger partial charge in [-0.05, 0) is 37.7 Å². The molecule has 7 nitrogen and oxygen atoms in total. The molecule has 1 unspecified atom stereocenters. The summed E-state index contributed by atoms with van der Waals surface area (Å²) in [4.78, 5) is 14.5. The lowest BCUT2D eigenvalue weighted by Crippen LogP contribution is -2.28. The van der Waals surface area contributed by atoms with Crippen molar-refractivity contribution in [1.29, 1.82) is 0 Å². The zero-order chi connectivity index (χ0) is 19.4. The summed E-state index contributed by atoms with van der Waals surface area (Å²) in [5.41, 5.74) is 0.999. The molecule has 1 atom stereocenters. The van der Waals surface area contributed by atoms with E-state index >= 15 is 0 Å². The lowest BCUT2D eigenvalue weighted by molar-refractivity contribution is 0.0466. The highest BCUT2D eigenvalue weighted by Gasteiger charge is 2.13. The molecule has 0 aliphatic rings. The molecule has 1 rings (SSSR count). The Morgan fingerprint density at radius 3 is 2.58 bits per heavy atom. The first-order valence-corrected chi connectivity index (χ1v) is 9.24. The van der Waals surface area contributed by atoms with Crippen LogP contribution < -0.4 is 10.1 Å². The molecule has 0 spiro atoms. The van der Waals surface area contributed by atoms with Crippen LogP contribution in [0.25, 0.3) is 0 Å². The lowest BCUT2D eigenvalue weighted by Gasteiger charge is -2.18. The van der Waals surface area contributed by atoms with Gasteiger partial charge in [0.25, 0.3) is 0 Å². The van der Waals surface area contributed by atoms with Crippen molar-refractivity contribution in [2.75, 3.05) is 51.3 Å². The number of hydrogen-bond donors (Lipinski definition) is 3. The van der Waals surface area contributed by atoms with Gasteiger partial charge in [-0.25, -0.2) is 4.79 Å². The smallest absolute Gasteiger partial charge is 0.338 e. The van der Waals surface area contributed by atoms with Gasteiger partial charge in [0.2, 0.25) is 0 Å². The Morgan fingerprint density at radius 2 is 1.96 bits per heavy atom. The molecule has 1 aromatic carbocycles. The number of aliphatic hydroxyl groups excluding tert-OH is 2. The molecule has 7 heteroatoms. The summed E-state index contributed by atoms with van der Waals surface area (Å²) in [7, 11) is 0. The Kier molecular flexibility index (Phi) is 10.7. The summed E-state index contributed by atoms with van der Waals surface area (Å²) in [6, 6.07) is 5.03. The average molecular weight is 368 g/mol. The maximum Gasteiger partial charge on any atom is 0.338 e. The van der Waals surface area contributed by atoms with Crippen molar-refractivity contribution in [1.82, 2.24) is 4.90 Å². The van der Waals surface area contributed by atoms with Gasteiger partial charge in [0.05, 0.1) is 30.6 Å². The molecule has 0 fully saturated rings. The quantitative estimate of drug-likeness (QED) is 0.457. The van der Waals surface area contributed by atoms with Gasteiger partial charge in [-0.1, -0.05) is 20.8 Å². The van der Waals surface area contributed by atoms with E-state index in [9.17, 15) is 9.90 Å². The maximum atomic E-state index is 12.3. The minimum Gasteiger partial charge on any atom is -0.491 e. The molecule has 0 saturated heterocycles. The summed E-state index contributed by atoms with van der Waals surface area (Å²) >= 11 is 0. The first kappa shape index (κ1) is 22.2. The average Bonchev–Trinajstić information content (AvgIpc) is 2.67. The van der Waals surface area contributed by atoms with E-state index in [1.807, 2.05) is 6.92 Å². The molecular formula is C19H32N2O5. The monoisotopic (exact) mass is 368 g/mol. The van der Waals surface area contributed by atoms with Crippen molar-refractivity contribution >= 4 is 11.7 Å². The molecule has 1 aromatic rings. The second kappa shape index (κ2) is 12.5. The van der Waals surface area contributed by atoms with E-state index in [0.717, 1.165) is 19.5 Å². The number of nitrogens with one attached hydrogen (secondary N) is 1. The van der Waals surface area contributed by atoms with E-state index in [-0.39, 0.29) is 13.2 Å². The van der Waals surface area contributed by atoms with Gasteiger partial charge in [-0.2, -0.15) is 0 Å². The highest BCUT2D eigenvalue weighted by Crippen LogP contribution is 2.26. The van der Waals surface area contributed by atoms with Gasteiger partial charge >= 0.3 is 5.97 Å². The SMILES string of the molecule is CCCOc1ccc(C(=O)OCCN(CC)CC)cc1NCC(O)CO. The molecule has 148 valence electrons. The van der Waals surface area contributed by atoms with Crippen molar-refractivity contribution in [2.45, 2.75) is 33.3 Å². The number of esters is 1. The number of rotatable bonds is 13. The largest absolute Gasteiger partial charge is 0.491 e. The second-order valence-electron chi connectivity index (χ2n) is 5.94. The predicted molar refractivity (Wildman–Crippen MR) is 102 cm³/mol. The van der Waals surface area contributed by atoms with Crippen LogP contribution >= 0.6 is 0 Å². The van der Waals surface area contributed by atoms with Crippen molar-refractivity contribution in [3.8, 4) is 5.75 Å². The fourth-order valence-corrected chi connectivity index (χ4v) is 2.32. The van der Waals surface area contributed by atoms with Crippen LogP contribution in [0.3, 0.4) is 0 Å². The molecule has 0 heterocycles. The predicted octanol–water partition coefficient (Wildman–Crippen LogP) is 1.74. The van der Waals surface area contributed by atoms with Crippen LogP contribution in [-0.2, 0) is 4.74 Å². The summed E-state index contributed by atoms with van der Waals surface area (Å²) in [6.45, 7) is 9.36. The molecule has 0 aliphatic carbocycles. The van der Waals surface area contributed by atoms with Crippen LogP contribution in [0.15, 0.2) is 18.2 Å². The highest BCUT2D eigenvalue weighted by molar-refractivity contribution is 5.91. The van der Waals surface area contributed by atoms with E-state index in [0.29, 0.717) is 36.8 Å². The van der Waals surface area contributed by atoms with Gasteiger partial charge in [-0.3, -0.25) is 0 Å². The standard InChI is InChI=1S/C19H32N2O5/c1-4-10-25-18-8-7-15(12-17(18)20-13-16(23)14-22)19(24)26-11-9-21(5-2)6-3/h7-8,12,16,20,22-23H,4-6,9-11,13-14H2,1-3H3. The van der Waals surface area contributed by atoms with Gasteiger partial charge in [0, 0.05) is 13.1 Å². The van der Waals surface area contributed by atoms with Crippen molar-refractivity contribution in [2.24, 2.45) is 0 Å². The van der Waals surface area contributed by atoms with E-state index in [4.69, 9.17) is 14.6 Å². The highest BCUT2D eigenvalue weighted by atomic mass is 16.5. The summed E-state index contributed by atoms with van der Waals surface area (Å²) in [5.74, 6) is 0.196. The number of carbonyl (C=O) groups is 1. The summed E-state index contributed by atoms with van der Waals surface area (Å²) < 4.78 is 11.0. The van der Waals surface area contributed by atoms with Gasteiger partial charge < -0.3 is 29.9 Å². The molecule has 0 radical (unpaired) electrons. The maximum absolute atomic E-state index is 12.3. The van der Waals surface area contributed by atoms with Crippen LogP contribution in [0, 0.1) is 0 Å². The number of benzene rings is 1.